The van der Waals surface area contributed by atoms with Crippen molar-refractivity contribution in [1.29, 1.82) is 0 Å². The first-order valence-corrected chi connectivity index (χ1v) is 7.59. The average molecular weight is 270 g/mol. The van der Waals surface area contributed by atoms with Gasteiger partial charge in [0.25, 0.3) is 0 Å². The van der Waals surface area contributed by atoms with Crippen LogP contribution < -0.4 is 0 Å². The van der Waals surface area contributed by atoms with E-state index in [1.165, 1.54) is 22.5 Å². The van der Waals surface area contributed by atoms with Gasteiger partial charge in [0.2, 0.25) is 0 Å². The van der Waals surface area contributed by atoms with E-state index in [1.54, 1.807) is 0 Å². The first-order chi connectivity index (χ1) is 9.44. The molecule has 0 amide bonds. The van der Waals surface area contributed by atoms with Crippen LogP contribution in [-0.2, 0) is 24.8 Å². The standard InChI is InChI=1S/C18H26N2/c1-6-16-12-17(7-2)20(19-16)13-14-8-10-15(11-9-14)18(3,4)5/h8-12H,6-7,13H2,1-5H3. The number of rotatable bonds is 4. The summed E-state index contributed by atoms with van der Waals surface area (Å²) < 4.78 is 2.14. The molecule has 1 aromatic heterocycles. The third kappa shape index (κ3) is 3.30. The van der Waals surface area contributed by atoms with E-state index >= 15 is 0 Å². The van der Waals surface area contributed by atoms with Crippen LogP contribution in [0.1, 0.15) is 57.1 Å². The molecule has 0 fully saturated rings. The SMILES string of the molecule is CCc1cc(CC)n(Cc2ccc(C(C)(C)C)cc2)n1. The molecule has 0 saturated heterocycles. The summed E-state index contributed by atoms with van der Waals surface area (Å²) in [6, 6.07) is 11.2. The molecule has 1 aromatic carbocycles. The number of aromatic nitrogens is 2. The Hall–Kier alpha value is -1.57. The largest absolute Gasteiger partial charge is 0.265 e. The van der Waals surface area contributed by atoms with Gasteiger partial charge in [0.15, 0.2) is 0 Å². The molecule has 0 saturated carbocycles. The Balaban J connectivity index is 2.20. The average Bonchev–Trinajstić information content (AvgIpc) is 2.80. The Morgan fingerprint density at radius 2 is 1.65 bits per heavy atom. The molecule has 0 bridgehead atoms. The fraction of sp³-hybridized carbons (Fsp3) is 0.500. The highest BCUT2D eigenvalue weighted by molar-refractivity contribution is 5.28. The van der Waals surface area contributed by atoms with E-state index in [2.05, 4.69) is 74.7 Å². The van der Waals surface area contributed by atoms with E-state index in [-0.39, 0.29) is 5.41 Å². The van der Waals surface area contributed by atoms with Crippen molar-refractivity contribution in [1.82, 2.24) is 9.78 Å². The molecule has 0 radical (unpaired) electrons. The molecule has 0 atom stereocenters. The van der Waals surface area contributed by atoms with Crippen molar-refractivity contribution in [3.63, 3.8) is 0 Å². The first kappa shape index (κ1) is 14.8. The molecule has 2 nitrogen and oxygen atoms in total. The molecule has 2 heteroatoms. The fourth-order valence-corrected chi connectivity index (χ4v) is 2.39. The van der Waals surface area contributed by atoms with Crippen molar-refractivity contribution in [2.24, 2.45) is 0 Å². The van der Waals surface area contributed by atoms with Gasteiger partial charge in [0.1, 0.15) is 0 Å². The molecule has 2 aromatic rings. The molecular weight excluding hydrogens is 244 g/mol. The normalized spacial score (nSPS) is 11.8. The Kier molecular flexibility index (Phi) is 4.32. The highest BCUT2D eigenvalue weighted by Gasteiger charge is 2.13. The van der Waals surface area contributed by atoms with Crippen LogP contribution in [0.4, 0.5) is 0 Å². The van der Waals surface area contributed by atoms with Crippen molar-refractivity contribution in [2.45, 2.75) is 59.4 Å². The van der Waals surface area contributed by atoms with E-state index < -0.39 is 0 Å². The molecule has 1 heterocycles. The van der Waals surface area contributed by atoms with Crippen LogP contribution in [0.5, 0.6) is 0 Å². The van der Waals surface area contributed by atoms with Crippen LogP contribution >= 0.6 is 0 Å². The van der Waals surface area contributed by atoms with Crippen molar-refractivity contribution in [3.8, 4) is 0 Å². The third-order valence-electron chi connectivity index (χ3n) is 3.79. The maximum Gasteiger partial charge on any atom is 0.0662 e. The second-order valence-corrected chi connectivity index (χ2v) is 6.44. The number of aryl methyl sites for hydroxylation is 2. The summed E-state index contributed by atoms with van der Waals surface area (Å²) in [5.41, 5.74) is 5.42. The van der Waals surface area contributed by atoms with E-state index in [9.17, 15) is 0 Å². The monoisotopic (exact) mass is 270 g/mol. The van der Waals surface area contributed by atoms with E-state index in [4.69, 9.17) is 0 Å². The maximum absolute atomic E-state index is 4.68. The molecule has 0 aliphatic heterocycles. The van der Waals surface area contributed by atoms with Gasteiger partial charge >= 0.3 is 0 Å². The zero-order valence-electron chi connectivity index (χ0n) is 13.4. The Morgan fingerprint density at radius 1 is 1.00 bits per heavy atom. The zero-order chi connectivity index (χ0) is 14.8. The quantitative estimate of drug-likeness (QED) is 0.807. The minimum Gasteiger partial charge on any atom is -0.265 e. The first-order valence-electron chi connectivity index (χ1n) is 7.59. The van der Waals surface area contributed by atoms with E-state index in [0.717, 1.165) is 19.4 Å². The molecule has 2 rings (SSSR count). The topological polar surface area (TPSA) is 17.8 Å². The summed E-state index contributed by atoms with van der Waals surface area (Å²) in [7, 11) is 0. The van der Waals surface area contributed by atoms with Crippen LogP contribution in [0, 0.1) is 0 Å². The van der Waals surface area contributed by atoms with Gasteiger partial charge in [-0.2, -0.15) is 5.10 Å². The minimum atomic E-state index is 0.216. The minimum absolute atomic E-state index is 0.216. The number of nitrogens with zero attached hydrogens (tertiary/aromatic N) is 2. The molecule has 0 N–H and O–H groups in total. The maximum atomic E-state index is 4.68. The fourth-order valence-electron chi connectivity index (χ4n) is 2.39. The molecular formula is C18H26N2. The Morgan fingerprint density at radius 3 is 2.15 bits per heavy atom. The van der Waals surface area contributed by atoms with Gasteiger partial charge in [-0.05, 0) is 35.4 Å². The smallest absolute Gasteiger partial charge is 0.0662 e. The predicted octanol–water partition coefficient (Wildman–Crippen LogP) is 4.35. The summed E-state index contributed by atoms with van der Waals surface area (Å²) in [6.07, 6.45) is 2.04. The molecule has 0 aliphatic rings. The molecule has 0 unspecified atom stereocenters. The van der Waals surface area contributed by atoms with Crippen LogP contribution in [0.15, 0.2) is 30.3 Å². The van der Waals surface area contributed by atoms with Crippen LogP contribution in [0.2, 0.25) is 0 Å². The lowest BCUT2D eigenvalue weighted by Crippen LogP contribution is -2.11. The second kappa shape index (κ2) is 5.82. The summed E-state index contributed by atoms with van der Waals surface area (Å²) in [6.45, 7) is 12.0. The number of hydrogen-bond acceptors (Lipinski definition) is 1. The third-order valence-corrected chi connectivity index (χ3v) is 3.79. The highest BCUT2D eigenvalue weighted by atomic mass is 15.3. The van der Waals surface area contributed by atoms with Gasteiger partial charge in [-0.3, -0.25) is 4.68 Å². The molecule has 0 spiro atoms. The lowest BCUT2D eigenvalue weighted by atomic mass is 9.87. The van der Waals surface area contributed by atoms with Crippen LogP contribution in [0.25, 0.3) is 0 Å². The summed E-state index contributed by atoms with van der Waals surface area (Å²) in [4.78, 5) is 0. The van der Waals surface area contributed by atoms with Gasteiger partial charge < -0.3 is 0 Å². The van der Waals surface area contributed by atoms with Gasteiger partial charge in [0, 0.05) is 5.69 Å². The Bertz CT molecular complexity index is 556. The van der Waals surface area contributed by atoms with Crippen molar-refractivity contribution in [3.05, 3.63) is 52.8 Å². The van der Waals surface area contributed by atoms with Crippen molar-refractivity contribution in [2.75, 3.05) is 0 Å². The summed E-state index contributed by atoms with van der Waals surface area (Å²) >= 11 is 0. The predicted molar refractivity (Wildman–Crippen MR) is 85.2 cm³/mol. The number of benzene rings is 1. The summed E-state index contributed by atoms with van der Waals surface area (Å²) in [5.74, 6) is 0. The van der Waals surface area contributed by atoms with Crippen molar-refractivity contribution < 1.29 is 0 Å². The lowest BCUT2D eigenvalue weighted by Gasteiger charge is -2.19. The highest BCUT2D eigenvalue weighted by Crippen LogP contribution is 2.22. The molecule has 20 heavy (non-hydrogen) atoms. The van der Waals surface area contributed by atoms with Crippen LogP contribution in [0.3, 0.4) is 0 Å². The van der Waals surface area contributed by atoms with Crippen LogP contribution in [-0.4, -0.2) is 9.78 Å². The van der Waals surface area contributed by atoms with Gasteiger partial charge in [-0.15, -0.1) is 0 Å². The van der Waals surface area contributed by atoms with Gasteiger partial charge in [0.05, 0.1) is 12.2 Å². The van der Waals surface area contributed by atoms with E-state index in [0.29, 0.717) is 0 Å². The second-order valence-electron chi connectivity index (χ2n) is 6.44. The molecule has 0 aliphatic carbocycles. The Labute approximate surface area is 122 Å². The van der Waals surface area contributed by atoms with Crippen molar-refractivity contribution >= 4 is 0 Å². The van der Waals surface area contributed by atoms with Gasteiger partial charge in [-0.25, -0.2) is 0 Å². The lowest BCUT2D eigenvalue weighted by molar-refractivity contribution is 0.589. The molecule has 108 valence electrons. The van der Waals surface area contributed by atoms with E-state index in [1.807, 2.05) is 0 Å². The summed E-state index contributed by atoms with van der Waals surface area (Å²) in [5, 5.41) is 4.68. The number of hydrogen-bond donors (Lipinski definition) is 0. The van der Waals surface area contributed by atoms with Gasteiger partial charge in [-0.1, -0.05) is 58.9 Å². The zero-order valence-corrected chi connectivity index (χ0v) is 13.4.